The Balaban J connectivity index is 1.33. The molecule has 4 aromatic rings. The van der Waals surface area contributed by atoms with Crippen molar-refractivity contribution in [3.8, 4) is 0 Å². The van der Waals surface area contributed by atoms with E-state index in [2.05, 4.69) is 39.8 Å². The summed E-state index contributed by atoms with van der Waals surface area (Å²) in [6.07, 6.45) is 3.05. The van der Waals surface area contributed by atoms with Crippen molar-refractivity contribution >= 4 is 23.2 Å². The Hall–Kier alpha value is -4.52. The van der Waals surface area contributed by atoms with Gasteiger partial charge in [-0.2, -0.15) is 0 Å². The molecule has 1 fully saturated rings. The van der Waals surface area contributed by atoms with Crippen molar-refractivity contribution in [1.82, 2.24) is 5.32 Å². The van der Waals surface area contributed by atoms with Gasteiger partial charge in [0.2, 0.25) is 0 Å². The van der Waals surface area contributed by atoms with Crippen LogP contribution in [0.15, 0.2) is 97.1 Å². The molecule has 0 unspecified atom stereocenters. The highest BCUT2D eigenvalue weighted by atomic mass is 19.1. The Morgan fingerprint density at radius 2 is 1.40 bits per heavy atom. The maximum atomic E-state index is 13.4. The van der Waals surface area contributed by atoms with Crippen LogP contribution in [-0.4, -0.2) is 24.9 Å². The smallest absolute Gasteiger partial charge is 0.255 e. The number of carbonyl (C=O) groups is 2. The first-order chi connectivity index (χ1) is 19.4. The average molecular weight is 540 g/mol. The van der Waals surface area contributed by atoms with Crippen molar-refractivity contribution in [3.05, 3.63) is 131 Å². The minimum Gasteiger partial charge on any atom is -0.371 e. The average Bonchev–Trinajstić information content (AvgIpc) is 2.98. The fraction of sp³-hybridized carbons (Fsp3) is 0.212. The standard InChI is InChI=1S/C33H31F2N3O2/c34-27-10-6-25(7-11-27)22-36-33(40)30-21-29(37-32(39)26-8-12-28(35)13-9-26)14-15-31(30)38-18-16-24(17-19-38)20-23-4-2-1-3-5-23/h1-15,21,24H,16-20,22H2,(H,36,40)(H,37,39). The van der Waals surface area contributed by atoms with Gasteiger partial charge in [-0.05, 0) is 90.9 Å². The number of anilines is 2. The monoisotopic (exact) mass is 539 g/mol. The fourth-order valence-corrected chi connectivity index (χ4v) is 5.08. The van der Waals surface area contributed by atoms with Crippen LogP contribution in [0.5, 0.6) is 0 Å². The summed E-state index contributed by atoms with van der Waals surface area (Å²) in [6, 6.07) is 27.1. The second-order valence-corrected chi connectivity index (χ2v) is 10.1. The van der Waals surface area contributed by atoms with Crippen LogP contribution in [0, 0.1) is 17.6 Å². The molecule has 7 heteroatoms. The molecule has 0 saturated carbocycles. The van der Waals surface area contributed by atoms with Gasteiger partial charge in [-0.15, -0.1) is 0 Å². The predicted octanol–water partition coefficient (Wildman–Crippen LogP) is 6.61. The molecule has 1 aliphatic heterocycles. The topological polar surface area (TPSA) is 61.4 Å². The summed E-state index contributed by atoms with van der Waals surface area (Å²) in [6.45, 7) is 1.87. The summed E-state index contributed by atoms with van der Waals surface area (Å²) in [7, 11) is 0. The Kier molecular flexibility index (Phi) is 8.50. The number of piperidine rings is 1. The van der Waals surface area contributed by atoms with Crippen molar-refractivity contribution in [2.24, 2.45) is 5.92 Å². The molecule has 5 rings (SSSR count). The van der Waals surface area contributed by atoms with Crippen LogP contribution in [0.1, 0.15) is 44.7 Å². The molecule has 1 aliphatic rings. The summed E-state index contributed by atoms with van der Waals surface area (Å²) in [4.78, 5) is 28.4. The van der Waals surface area contributed by atoms with Crippen LogP contribution < -0.4 is 15.5 Å². The first kappa shape index (κ1) is 27.1. The van der Waals surface area contributed by atoms with Gasteiger partial charge in [-0.3, -0.25) is 9.59 Å². The fourth-order valence-electron chi connectivity index (χ4n) is 5.08. The van der Waals surface area contributed by atoms with Gasteiger partial charge in [0.05, 0.1) is 5.56 Å². The van der Waals surface area contributed by atoms with Crippen LogP contribution in [-0.2, 0) is 13.0 Å². The Labute approximate surface area is 232 Å². The van der Waals surface area contributed by atoms with Crippen molar-refractivity contribution < 1.29 is 18.4 Å². The number of rotatable bonds is 8. The zero-order chi connectivity index (χ0) is 27.9. The van der Waals surface area contributed by atoms with Gasteiger partial charge in [0.1, 0.15) is 11.6 Å². The number of nitrogens with one attached hydrogen (secondary N) is 2. The van der Waals surface area contributed by atoms with Crippen LogP contribution in [0.2, 0.25) is 0 Å². The minimum absolute atomic E-state index is 0.240. The molecule has 0 spiro atoms. The van der Waals surface area contributed by atoms with E-state index >= 15 is 0 Å². The van der Waals surface area contributed by atoms with Gasteiger partial charge >= 0.3 is 0 Å². The lowest BCUT2D eigenvalue weighted by Gasteiger charge is -2.35. The van der Waals surface area contributed by atoms with E-state index < -0.39 is 11.7 Å². The number of carbonyl (C=O) groups excluding carboxylic acids is 2. The molecule has 4 aromatic carbocycles. The first-order valence-electron chi connectivity index (χ1n) is 13.5. The van der Waals surface area contributed by atoms with E-state index in [9.17, 15) is 18.4 Å². The first-order valence-corrected chi connectivity index (χ1v) is 13.5. The molecule has 0 radical (unpaired) electrons. The van der Waals surface area contributed by atoms with Crippen molar-refractivity contribution in [1.29, 1.82) is 0 Å². The van der Waals surface area contributed by atoms with Crippen molar-refractivity contribution in [2.45, 2.75) is 25.8 Å². The predicted molar refractivity (Wildman–Crippen MR) is 153 cm³/mol. The van der Waals surface area contributed by atoms with E-state index in [0.717, 1.165) is 43.6 Å². The Morgan fingerprint density at radius 1 is 0.750 bits per heavy atom. The summed E-state index contributed by atoms with van der Waals surface area (Å²) in [5.74, 6) is -0.870. The van der Waals surface area contributed by atoms with E-state index in [-0.39, 0.29) is 18.3 Å². The minimum atomic E-state index is -0.423. The molecule has 0 aromatic heterocycles. The Bertz CT molecular complexity index is 1450. The lowest BCUT2D eigenvalue weighted by atomic mass is 9.89. The number of nitrogens with zero attached hydrogens (tertiary/aromatic N) is 1. The van der Waals surface area contributed by atoms with Crippen molar-refractivity contribution in [2.75, 3.05) is 23.3 Å². The van der Waals surface area contributed by atoms with Crippen LogP contribution >= 0.6 is 0 Å². The van der Waals surface area contributed by atoms with Gasteiger partial charge in [-0.1, -0.05) is 42.5 Å². The van der Waals surface area contributed by atoms with E-state index in [1.165, 1.54) is 42.0 Å². The molecule has 1 heterocycles. The maximum absolute atomic E-state index is 13.4. The quantitative estimate of drug-likeness (QED) is 0.265. The lowest BCUT2D eigenvalue weighted by Crippen LogP contribution is -2.36. The van der Waals surface area contributed by atoms with E-state index in [0.29, 0.717) is 22.7 Å². The molecular formula is C33H31F2N3O2. The zero-order valence-electron chi connectivity index (χ0n) is 22.1. The number of halogens is 2. The lowest BCUT2D eigenvalue weighted by molar-refractivity contribution is 0.0950. The molecular weight excluding hydrogens is 508 g/mol. The third-order valence-corrected chi connectivity index (χ3v) is 7.29. The zero-order valence-corrected chi connectivity index (χ0v) is 22.1. The second kappa shape index (κ2) is 12.6. The molecule has 0 atom stereocenters. The number of benzene rings is 4. The van der Waals surface area contributed by atoms with Crippen LogP contribution in [0.3, 0.4) is 0 Å². The molecule has 2 amide bonds. The highest BCUT2D eigenvalue weighted by Crippen LogP contribution is 2.30. The van der Waals surface area contributed by atoms with Gasteiger partial charge in [0, 0.05) is 36.6 Å². The summed E-state index contributed by atoms with van der Waals surface area (Å²) in [5.41, 5.74) is 4.13. The Morgan fingerprint density at radius 3 is 2.08 bits per heavy atom. The largest absolute Gasteiger partial charge is 0.371 e. The van der Waals surface area contributed by atoms with Gasteiger partial charge < -0.3 is 15.5 Å². The second-order valence-electron chi connectivity index (χ2n) is 10.1. The normalized spacial score (nSPS) is 13.6. The van der Waals surface area contributed by atoms with Gasteiger partial charge in [0.15, 0.2) is 0 Å². The summed E-state index contributed by atoms with van der Waals surface area (Å²) < 4.78 is 26.6. The molecule has 40 heavy (non-hydrogen) atoms. The van der Waals surface area contributed by atoms with Gasteiger partial charge in [-0.25, -0.2) is 8.78 Å². The summed E-state index contributed by atoms with van der Waals surface area (Å²) in [5, 5.41) is 5.75. The highest BCUT2D eigenvalue weighted by Gasteiger charge is 2.24. The molecule has 2 N–H and O–H groups in total. The highest BCUT2D eigenvalue weighted by molar-refractivity contribution is 6.06. The maximum Gasteiger partial charge on any atom is 0.255 e. The van der Waals surface area contributed by atoms with Crippen LogP contribution in [0.4, 0.5) is 20.2 Å². The van der Waals surface area contributed by atoms with E-state index in [1.54, 1.807) is 24.3 Å². The molecule has 204 valence electrons. The number of hydrogen-bond donors (Lipinski definition) is 2. The third kappa shape index (κ3) is 6.91. The third-order valence-electron chi connectivity index (χ3n) is 7.29. The van der Waals surface area contributed by atoms with Crippen LogP contribution in [0.25, 0.3) is 0 Å². The molecule has 1 saturated heterocycles. The SMILES string of the molecule is O=C(Nc1ccc(N2CCC(Cc3ccccc3)CC2)c(C(=O)NCc2ccc(F)cc2)c1)c1ccc(F)cc1. The van der Waals surface area contributed by atoms with Crippen molar-refractivity contribution in [3.63, 3.8) is 0 Å². The number of amides is 2. The van der Waals surface area contributed by atoms with E-state index in [4.69, 9.17) is 0 Å². The van der Waals surface area contributed by atoms with Gasteiger partial charge in [0.25, 0.3) is 11.8 Å². The molecule has 0 bridgehead atoms. The molecule has 5 nitrogen and oxygen atoms in total. The molecule has 0 aliphatic carbocycles. The number of hydrogen-bond acceptors (Lipinski definition) is 3. The van der Waals surface area contributed by atoms with E-state index in [1.807, 2.05) is 12.1 Å². The summed E-state index contributed by atoms with van der Waals surface area (Å²) >= 11 is 0.